The van der Waals surface area contributed by atoms with E-state index in [0.29, 0.717) is 0 Å². The van der Waals surface area contributed by atoms with Gasteiger partial charge in [-0.15, -0.1) is 0 Å². The van der Waals surface area contributed by atoms with Gasteiger partial charge in [0.05, 0.1) is 12.9 Å². The summed E-state index contributed by atoms with van der Waals surface area (Å²) < 4.78 is 6.33. The van der Waals surface area contributed by atoms with Crippen molar-refractivity contribution in [2.45, 2.75) is 38.4 Å². The Morgan fingerprint density at radius 3 is 2.76 bits per heavy atom. The van der Waals surface area contributed by atoms with Gasteiger partial charge in [0.15, 0.2) is 17.4 Å². The summed E-state index contributed by atoms with van der Waals surface area (Å²) in [6.07, 6.45) is -4.02. The Bertz CT molecular complexity index is 846. The van der Waals surface area contributed by atoms with Crippen molar-refractivity contribution in [3.63, 3.8) is 0 Å². The van der Waals surface area contributed by atoms with Gasteiger partial charge in [0, 0.05) is 5.92 Å². The van der Waals surface area contributed by atoms with Gasteiger partial charge in [0.1, 0.15) is 18.3 Å². The summed E-state index contributed by atoms with van der Waals surface area (Å²) in [5, 5.41) is 31.9. The Balaban J connectivity index is 2.13. The summed E-state index contributed by atoms with van der Waals surface area (Å²) >= 11 is 0. The molecular formula is C14H19N5O6. The Labute approximate surface area is 141 Å². The molecule has 2 aromatic heterocycles. The Kier molecular flexibility index (Phi) is 4.56. The highest BCUT2D eigenvalue weighted by Gasteiger charge is 2.45. The van der Waals surface area contributed by atoms with E-state index in [1.807, 2.05) is 0 Å². The molecule has 0 aliphatic carbocycles. The Morgan fingerprint density at radius 2 is 2.16 bits per heavy atom. The smallest absolute Gasteiger partial charge is 0.283 e. The summed E-state index contributed by atoms with van der Waals surface area (Å²) in [4.78, 5) is 35.5. The molecule has 0 spiro atoms. The van der Waals surface area contributed by atoms with Crippen molar-refractivity contribution in [1.29, 1.82) is 0 Å². The van der Waals surface area contributed by atoms with Crippen LogP contribution in [0.4, 0.5) is 5.95 Å². The van der Waals surface area contributed by atoms with Crippen LogP contribution in [0.3, 0.4) is 0 Å². The lowest BCUT2D eigenvalue weighted by atomic mass is 10.1. The zero-order chi connectivity index (χ0) is 18.3. The van der Waals surface area contributed by atoms with Crippen molar-refractivity contribution in [3.05, 3.63) is 16.7 Å². The van der Waals surface area contributed by atoms with Crippen molar-refractivity contribution in [1.82, 2.24) is 19.5 Å². The number of nitrogens with one attached hydrogen (secondary N) is 2. The molecule has 1 aliphatic rings. The lowest BCUT2D eigenvalue weighted by molar-refractivity contribution is -0.119. The first-order valence-corrected chi connectivity index (χ1v) is 7.74. The highest BCUT2D eigenvalue weighted by atomic mass is 16.6. The van der Waals surface area contributed by atoms with E-state index in [-0.39, 0.29) is 23.0 Å². The van der Waals surface area contributed by atoms with Gasteiger partial charge >= 0.3 is 0 Å². The van der Waals surface area contributed by atoms with E-state index in [0.717, 1.165) is 4.57 Å². The second kappa shape index (κ2) is 6.52. The first kappa shape index (κ1) is 17.5. The number of ether oxygens (including phenoxy) is 1. The van der Waals surface area contributed by atoms with Crippen molar-refractivity contribution >= 4 is 23.0 Å². The number of rotatable bonds is 4. The van der Waals surface area contributed by atoms with Crippen LogP contribution in [-0.4, -0.2) is 65.7 Å². The second-order valence-electron chi connectivity index (χ2n) is 6.08. The van der Waals surface area contributed by atoms with Gasteiger partial charge < -0.3 is 25.0 Å². The third kappa shape index (κ3) is 2.91. The molecule has 4 atom stereocenters. The fraction of sp³-hybridized carbons (Fsp3) is 0.571. The summed E-state index contributed by atoms with van der Waals surface area (Å²) in [5.41, 5.74) is -0.497. The monoisotopic (exact) mass is 353 g/mol. The van der Waals surface area contributed by atoms with Crippen molar-refractivity contribution in [3.8, 4) is 0 Å². The average Bonchev–Trinajstić information content (AvgIpc) is 3.14. The van der Waals surface area contributed by atoms with E-state index in [9.17, 15) is 24.9 Å². The SMILES string of the molecule is CC(C)C(=O)Nc1nc2nc[nH]c2c(=O)n1[C@@H]1O[C@H](CO)[C@@H](O)[C@@H]1O. The molecule has 0 unspecified atom stereocenters. The van der Waals surface area contributed by atoms with E-state index < -0.39 is 42.6 Å². The van der Waals surface area contributed by atoms with Gasteiger partial charge in [-0.2, -0.15) is 4.98 Å². The maximum absolute atomic E-state index is 12.8. The van der Waals surface area contributed by atoms with Crippen LogP contribution in [0, 0.1) is 5.92 Å². The van der Waals surface area contributed by atoms with Gasteiger partial charge in [-0.25, -0.2) is 9.55 Å². The molecule has 11 nitrogen and oxygen atoms in total. The highest BCUT2D eigenvalue weighted by Crippen LogP contribution is 2.30. The molecule has 1 amide bonds. The summed E-state index contributed by atoms with van der Waals surface area (Å²) in [6.45, 7) is 2.78. The molecule has 0 bridgehead atoms. The second-order valence-corrected chi connectivity index (χ2v) is 6.08. The summed E-state index contributed by atoms with van der Waals surface area (Å²) in [7, 11) is 0. The lowest BCUT2D eigenvalue weighted by Gasteiger charge is -2.21. The van der Waals surface area contributed by atoms with E-state index in [1.165, 1.54) is 6.33 Å². The van der Waals surface area contributed by atoms with E-state index in [1.54, 1.807) is 13.8 Å². The lowest BCUT2D eigenvalue weighted by Crippen LogP contribution is -2.37. The van der Waals surface area contributed by atoms with E-state index in [4.69, 9.17) is 4.74 Å². The van der Waals surface area contributed by atoms with Crippen molar-refractivity contribution in [2.75, 3.05) is 11.9 Å². The number of imidazole rings is 1. The maximum Gasteiger partial charge on any atom is 0.283 e. The number of aliphatic hydroxyl groups is 3. The number of hydrogen-bond donors (Lipinski definition) is 5. The van der Waals surface area contributed by atoms with Crippen LogP contribution in [0.5, 0.6) is 0 Å². The number of aliphatic hydroxyl groups excluding tert-OH is 3. The molecule has 3 heterocycles. The van der Waals surface area contributed by atoms with Crippen LogP contribution < -0.4 is 10.9 Å². The minimum absolute atomic E-state index is 0.0558. The minimum atomic E-state index is -1.49. The van der Waals surface area contributed by atoms with Crippen LogP contribution in [0.25, 0.3) is 11.2 Å². The van der Waals surface area contributed by atoms with Gasteiger partial charge in [0.25, 0.3) is 5.56 Å². The van der Waals surface area contributed by atoms with Crippen molar-refractivity contribution < 1.29 is 24.9 Å². The Morgan fingerprint density at radius 1 is 1.44 bits per heavy atom. The van der Waals surface area contributed by atoms with Gasteiger partial charge in [-0.05, 0) is 0 Å². The number of aromatic nitrogens is 4. The molecule has 25 heavy (non-hydrogen) atoms. The number of anilines is 1. The molecule has 1 saturated heterocycles. The highest BCUT2D eigenvalue weighted by molar-refractivity contribution is 5.91. The number of fused-ring (bicyclic) bond motifs is 1. The molecule has 5 N–H and O–H groups in total. The van der Waals surface area contributed by atoms with Gasteiger partial charge in [-0.1, -0.05) is 13.8 Å². The first-order chi connectivity index (χ1) is 11.8. The predicted molar refractivity (Wildman–Crippen MR) is 84.6 cm³/mol. The summed E-state index contributed by atoms with van der Waals surface area (Å²) in [5.74, 6) is -0.953. The van der Waals surface area contributed by atoms with Crippen LogP contribution in [0.1, 0.15) is 20.1 Å². The molecule has 0 aromatic carbocycles. The third-order valence-electron chi connectivity index (χ3n) is 4.02. The van der Waals surface area contributed by atoms with E-state index >= 15 is 0 Å². The molecule has 2 aromatic rings. The fourth-order valence-electron chi connectivity index (χ4n) is 2.57. The number of carbonyl (C=O) groups is 1. The predicted octanol–water partition coefficient (Wildman–Crippen LogP) is -1.67. The molecule has 1 fully saturated rings. The van der Waals surface area contributed by atoms with Crippen LogP contribution >= 0.6 is 0 Å². The standard InChI is InChI=1S/C14H19N5O6/c1-5(2)11(23)18-14-17-10-7(15-4-16-10)12(24)19(14)13-9(22)8(21)6(3-20)25-13/h4-6,8-9,13,20-22H,3H2,1-2H3,(H,15,16)(H,17,18,23)/t6-,8-,9+,13-/m1/s1. The molecule has 0 radical (unpaired) electrons. The molecular weight excluding hydrogens is 334 g/mol. The summed E-state index contributed by atoms with van der Waals surface area (Å²) in [6, 6.07) is 0. The van der Waals surface area contributed by atoms with Crippen LogP contribution in [0.2, 0.25) is 0 Å². The maximum atomic E-state index is 12.8. The Hall–Kier alpha value is -2.34. The average molecular weight is 353 g/mol. The number of nitrogens with zero attached hydrogens (tertiary/aromatic N) is 3. The minimum Gasteiger partial charge on any atom is -0.394 e. The molecule has 3 rings (SSSR count). The van der Waals surface area contributed by atoms with Crippen LogP contribution in [-0.2, 0) is 9.53 Å². The normalized spacial score (nSPS) is 26.5. The topological polar surface area (TPSA) is 163 Å². The number of hydrogen-bond acceptors (Lipinski definition) is 8. The zero-order valence-electron chi connectivity index (χ0n) is 13.6. The number of H-pyrrole nitrogens is 1. The largest absolute Gasteiger partial charge is 0.394 e. The fourth-order valence-corrected chi connectivity index (χ4v) is 2.57. The van der Waals surface area contributed by atoms with E-state index in [2.05, 4.69) is 20.3 Å². The first-order valence-electron chi connectivity index (χ1n) is 7.74. The number of aromatic amines is 1. The number of carbonyl (C=O) groups excluding carboxylic acids is 1. The third-order valence-corrected chi connectivity index (χ3v) is 4.02. The van der Waals surface area contributed by atoms with Crippen LogP contribution in [0.15, 0.2) is 11.1 Å². The molecule has 11 heteroatoms. The number of amides is 1. The molecule has 136 valence electrons. The van der Waals surface area contributed by atoms with Gasteiger partial charge in [-0.3, -0.25) is 14.9 Å². The quantitative estimate of drug-likeness (QED) is 0.435. The van der Waals surface area contributed by atoms with Gasteiger partial charge in [0.2, 0.25) is 11.9 Å². The van der Waals surface area contributed by atoms with Crippen molar-refractivity contribution in [2.24, 2.45) is 5.92 Å². The molecule has 0 saturated carbocycles. The zero-order valence-corrected chi connectivity index (χ0v) is 13.6. The molecule has 1 aliphatic heterocycles.